The summed E-state index contributed by atoms with van der Waals surface area (Å²) < 4.78 is 2.25. The van der Waals surface area contributed by atoms with Crippen LogP contribution in [0.2, 0.25) is 0 Å². The van der Waals surface area contributed by atoms with E-state index in [1.165, 1.54) is 33.8 Å². The van der Waals surface area contributed by atoms with Crippen LogP contribution < -0.4 is 14.4 Å². The lowest BCUT2D eigenvalue weighted by atomic mass is 10.1. The van der Waals surface area contributed by atoms with Gasteiger partial charge in [-0.2, -0.15) is 4.57 Å². The van der Waals surface area contributed by atoms with Crippen molar-refractivity contribution in [2.45, 2.75) is 13.5 Å². The van der Waals surface area contributed by atoms with Gasteiger partial charge in [-0.3, -0.25) is 0 Å². The summed E-state index contributed by atoms with van der Waals surface area (Å²) in [6.07, 6.45) is 19.2. The lowest BCUT2D eigenvalue weighted by molar-refractivity contribution is -0.695. The SMILES string of the molecule is CC[n+]1ccc(/C=C/C=C/c2ccccc2N(C)C)cc1/C=C/C=C/c1ccccc1N(C)C. The van der Waals surface area contributed by atoms with E-state index in [0.29, 0.717) is 0 Å². The van der Waals surface area contributed by atoms with Gasteiger partial charge in [0.1, 0.15) is 6.54 Å². The molecule has 34 heavy (non-hydrogen) atoms. The van der Waals surface area contributed by atoms with E-state index in [9.17, 15) is 0 Å². The Morgan fingerprint density at radius 3 is 1.68 bits per heavy atom. The standard InChI is InChI=1S/C31H36N3/c1-6-34-24-23-26(15-7-8-16-27-18-10-13-21-30(27)32(2)3)25-29(34)20-12-9-17-28-19-11-14-22-31(28)33(4)5/h7-25H,6H2,1-5H3/q+1. The molecule has 174 valence electrons. The molecule has 0 bridgehead atoms. The summed E-state index contributed by atoms with van der Waals surface area (Å²) in [4.78, 5) is 4.27. The second-order valence-electron chi connectivity index (χ2n) is 8.51. The monoisotopic (exact) mass is 450 g/mol. The zero-order valence-electron chi connectivity index (χ0n) is 21.0. The summed E-state index contributed by atoms with van der Waals surface area (Å²) in [6, 6.07) is 21.2. The first-order valence-electron chi connectivity index (χ1n) is 11.7. The van der Waals surface area contributed by atoms with Gasteiger partial charge in [-0.05, 0) is 35.7 Å². The van der Waals surface area contributed by atoms with E-state index in [1.807, 2.05) is 0 Å². The van der Waals surface area contributed by atoms with E-state index in [4.69, 9.17) is 0 Å². The fourth-order valence-electron chi connectivity index (χ4n) is 3.81. The van der Waals surface area contributed by atoms with Crippen molar-refractivity contribution in [3.8, 4) is 0 Å². The maximum Gasteiger partial charge on any atom is 0.205 e. The van der Waals surface area contributed by atoms with Gasteiger partial charge in [0.25, 0.3) is 0 Å². The molecule has 3 heteroatoms. The van der Waals surface area contributed by atoms with Crippen molar-refractivity contribution in [3.05, 3.63) is 114 Å². The Morgan fingerprint density at radius 2 is 1.15 bits per heavy atom. The van der Waals surface area contributed by atoms with Crippen molar-refractivity contribution < 1.29 is 4.57 Å². The van der Waals surface area contributed by atoms with Crippen molar-refractivity contribution >= 4 is 35.7 Å². The number of nitrogens with zero attached hydrogens (tertiary/aromatic N) is 3. The van der Waals surface area contributed by atoms with Gasteiger partial charge in [0.05, 0.1) is 0 Å². The highest BCUT2D eigenvalue weighted by Crippen LogP contribution is 2.20. The highest BCUT2D eigenvalue weighted by atomic mass is 15.1. The number of aromatic nitrogens is 1. The summed E-state index contributed by atoms with van der Waals surface area (Å²) in [7, 11) is 8.28. The summed E-state index contributed by atoms with van der Waals surface area (Å²) in [5.74, 6) is 0. The molecule has 0 amide bonds. The number of benzene rings is 2. The second kappa shape index (κ2) is 12.4. The molecule has 0 saturated carbocycles. The molecule has 0 N–H and O–H groups in total. The highest BCUT2D eigenvalue weighted by Gasteiger charge is 2.05. The van der Waals surface area contributed by atoms with Crippen LogP contribution in [0.5, 0.6) is 0 Å². The number of rotatable bonds is 9. The van der Waals surface area contributed by atoms with E-state index in [0.717, 1.165) is 6.54 Å². The molecule has 0 atom stereocenters. The average molecular weight is 451 g/mol. The fraction of sp³-hybridized carbons (Fsp3) is 0.194. The van der Waals surface area contributed by atoms with Gasteiger partial charge in [0, 0.05) is 57.8 Å². The van der Waals surface area contributed by atoms with E-state index in [1.54, 1.807) is 0 Å². The predicted molar refractivity (Wildman–Crippen MR) is 150 cm³/mol. The number of anilines is 2. The van der Waals surface area contributed by atoms with Crippen molar-refractivity contribution in [2.24, 2.45) is 0 Å². The maximum atomic E-state index is 2.25. The van der Waals surface area contributed by atoms with Crippen molar-refractivity contribution in [3.63, 3.8) is 0 Å². The van der Waals surface area contributed by atoms with E-state index in [-0.39, 0.29) is 0 Å². The topological polar surface area (TPSA) is 10.4 Å². The van der Waals surface area contributed by atoms with Gasteiger partial charge >= 0.3 is 0 Å². The predicted octanol–water partition coefficient (Wildman–Crippen LogP) is 6.58. The fourth-order valence-corrected chi connectivity index (χ4v) is 3.81. The van der Waals surface area contributed by atoms with E-state index < -0.39 is 0 Å². The first-order chi connectivity index (χ1) is 16.5. The third-order valence-corrected chi connectivity index (χ3v) is 5.60. The molecule has 3 rings (SSSR count). The van der Waals surface area contributed by atoms with Crippen LogP contribution in [-0.4, -0.2) is 28.2 Å². The molecule has 0 fully saturated rings. The maximum absolute atomic E-state index is 2.25. The molecule has 0 radical (unpaired) electrons. The summed E-state index contributed by atoms with van der Waals surface area (Å²) >= 11 is 0. The molecule has 1 heterocycles. The zero-order valence-corrected chi connectivity index (χ0v) is 21.0. The first-order valence-corrected chi connectivity index (χ1v) is 11.7. The quantitative estimate of drug-likeness (QED) is 0.269. The molecule has 0 aliphatic heterocycles. The molecular formula is C31H36N3+. The van der Waals surface area contributed by atoms with E-state index in [2.05, 4.69) is 165 Å². The smallest absolute Gasteiger partial charge is 0.205 e. The van der Waals surface area contributed by atoms with Crippen LogP contribution in [0.3, 0.4) is 0 Å². The summed E-state index contributed by atoms with van der Waals surface area (Å²) in [5, 5.41) is 0. The Balaban J connectivity index is 1.74. The Hall–Kier alpha value is -3.85. The van der Waals surface area contributed by atoms with Crippen LogP contribution in [0.4, 0.5) is 11.4 Å². The minimum atomic E-state index is 0.929. The Bertz CT molecular complexity index is 1200. The van der Waals surface area contributed by atoms with Gasteiger partial charge in [0.15, 0.2) is 6.20 Å². The van der Waals surface area contributed by atoms with Crippen molar-refractivity contribution in [1.82, 2.24) is 0 Å². The van der Waals surface area contributed by atoms with Crippen molar-refractivity contribution in [2.75, 3.05) is 38.0 Å². The minimum Gasteiger partial charge on any atom is -0.377 e. The highest BCUT2D eigenvalue weighted by molar-refractivity contribution is 5.70. The third kappa shape index (κ3) is 6.82. The lowest BCUT2D eigenvalue weighted by Crippen LogP contribution is -2.35. The van der Waals surface area contributed by atoms with Gasteiger partial charge in [-0.25, -0.2) is 0 Å². The molecule has 0 unspecified atom stereocenters. The second-order valence-corrected chi connectivity index (χ2v) is 8.51. The van der Waals surface area contributed by atoms with Crippen LogP contribution in [-0.2, 0) is 6.54 Å². The average Bonchev–Trinajstić information content (AvgIpc) is 2.85. The van der Waals surface area contributed by atoms with Crippen molar-refractivity contribution in [1.29, 1.82) is 0 Å². The third-order valence-electron chi connectivity index (χ3n) is 5.60. The van der Waals surface area contributed by atoms with Gasteiger partial charge in [-0.15, -0.1) is 0 Å². The first kappa shape index (κ1) is 24.8. The molecular weight excluding hydrogens is 414 g/mol. The molecule has 1 aromatic heterocycles. The Labute approximate surface area is 205 Å². The molecule has 0 spiro atoms. The van der Waals surface area contributed by atoms with Gasteiger partial charge in [0.2, 0.25) is 5.69 Å². The van der Waals surface area contributed by atoms with Crippen LogP contribution in [0.1, 0.15) is 29.3 Å². The molecule has 0 saturated heterocycles. The number of hydrogen-bond donors (Lipinski definition) is 0. The molecule has 3 nitrogen and oxygen atoms in total. The number of aryl methyl sites for hydroxylation is 1. The van der Waals surface area contributed by atoms with Crippen LogP contribution in [0, 0.1) is 0 Å². The number of para-hydroxylation sites is 2. The van der Waals surface area contributed by atoms with Gasteiger partial charge in [-0.1, -0.05) is 78.9 Å². The molecule has 0 aliphatic carbocycles. The van der Waals surface area contributed by atoms with Crippen LogP contribution in [0.25, 0.3) is 24.3 Å². The minimum absolute atomic E-state index is 0.929. The van der Waals surface area contributed by atoms with Crippen LogP contribution in [0.15, 0.2) is 91.2 Å². The molecule has 0 aliphatic rings. The molecule has 2 aromatic carbocycles. The van der Waals surface area contributed by atoms with E-state index >= 15 is 0 Å². The normalized spacial score (nSPS) is 11.9. The molecule has 3 aromatic rings. The number of hydrogen-bond acceptors (Lipinski definition) is 2. The van der Waals surface area contributed by atoms with Gasteiger partial charge < -0.3 is 9.80 Å². The number of allylic oxidation sites excluding steroid dienone is 4. The van der Waals surface area contributed by atoms with Crippen LogP contribution >= 0.6 is 0 Å². The number of pyridine rings is 1. The Morgan fingerprint density at radius 1 is 0.647 bits per heavy atom. The summed E-state index contributed by atoms with van der Waals surface area (Å²) in [6.45, 7) is 3.10. The largest absolute Gasteiger partial charge is 0.377 e. The zero-order chi connectivity index (χ0) is 24.3. The summed E-state index contributed by atoms with van der Waals surface area (Å²) in [5.41, 5.74) is 7.20. The Kier molecular flexibility index (Phi) is 9.04. The lowest BCUT2D eigenvalue weighted by Gasteiger charge is -2.14.